The molecule has 27 heavy (non-hydrogen) atoms. The first-order valence-corrected chi connectivity index (χ1v) is 7.32. The van der Waals surface area contributed by atoms with E-state index in [4.69, 9.17) is 0 Å². The number of pyridine rings is 1. The molecule has 3 aromatic rings. The molecule has 0 aliphatic heterocycles. The van der Waals surface area contributed by atoms with Crippen molar-refractivity contribution in [3.8, 4) is 22.5 Å². The monoisotopic (exact) mass is 384 g/mol. The first-order chi connectivity index (χ1) is 12.7. The molecule has 0 unspecified atom stereocenters. The molecule has 140 valence electrons. The summed E-state index contributed by atoms with van der Waals surface area (Å²) in [6.07, 6.45) is -2.64. The zero-order valence-electron chi connectivity index (χ0n) is 13.2. The maximum Gasteiger partial charge on any atom is 0.416 e. The van der Waals surface area contributed by atoms with Gasteiger partial charge < -0.3 is 0 Å². The van der Waals surface area contributed by atoms with Crippen LogP contribution in [0, 0.1) is 10.1 Å². The van der Waals surface area contributed by atoms with Gasteiger partial charge in [-0.25, -0.2) is 9.67 Å². The van der Waals surface area contributed by atoms with Crippen LogP contribution in [0.3, 0.4) is 0 Å². The van der Waals surface area contributed by atoms with E-state index >= 15 is 0 Å². The van der Waals surface area contributed by atoms with E-state index in [1.807, 2.05) is 0 Å². The lowest BCUT2D eigenvalue weighted by molar-refractivity contribution is -0.384. The normalized spacial score (nSPS) is 11.8. The summed E-state index contributed by atoms with van der Waals surface area (Å²) in [5.74, 6) is 0. The molecule has 0 aliphatic rings. The average molecular weight is 384 g/mol. The van der Waals surface area contributed by atoms with Gasteiger partial charge in [0.1, 0.15) is 6.20 Å². The van der Waals surface area contributed by atoms with Crippen LogP contribution in [-0.2, 0) is 6.18 Å². The van der Waals surface area contributed by atoms with Crippen molar-refractivity contribution in [3.63, 3.8) is 0 Å². The molecule has 2 aromatic heterocycles. The van der Waals surface area contributed by atoms with Gasteiger partial charge in [-0.1, -0.05) is 12.1 Å². The number of hydrogen-bond donors (Lipinski definition) is 0. The minimum Gasteiger partial charge on any atom is -0.258 e. The van der Waals surface area contributed by atoms with Crippen molar-refractivity contribution >= 4 is 5.69 Å². The van der Waals surface area contributed by atoms with Crippen molar-refractivity contribution in [2.75, 3.05) is 0 Å². The van der Waals surface area contributed by atoms with Gasteiger partial charge in [-0.2, -0.15) is 27.1 Å². The quantitative estimate of drug-likeness (QED) is 0.363. The second kappa shape index (κ2) is 6.74. The first-order valence-electron chi connectivity index (χ1n) is 7.32. The lowest BCUT2D eigenvalue weighted by Crippen LogP contribution is -2.04. The zero-order valence-corrected chi connectivity index (χ0v) is 13.2. The SMILES string of the molecule is O=[N+]([O-])c1cnc(-c2ccc(C(F)(F)F)cc2)cc1-c1ccn(C(F)F)n1. The summed E-state index contributed by atoms with van der Waals surface area (Å²) in [5, 5.41) is 14.8. The van der Waals surface area contributed by atoms with E-state index in [2.05, 4.69) is 10.1 Å². The number of hydrogen-bond acceptors (Lipinski definition) is 4. The van der Waals surface area contributed by atoms with Crippen LogP contribution in [-0.4, -0.2) is 19.7 Å². The first kappa shape index (κ1) is 18.4. The van der Waals surface area contributed by atoms with Gasteiger partial charge >= 0.3 is 12.7 Å². The molecule has 0 radical (unpaired) electrons. The standard InChI is InChI=1S/C16H9F5N4O2/c17-15(18)24-6-5-12(23-24)11-7-13(22-8-14(11)25(26)27)9-1-3-10(4-2-9)16(19,20)21/h1-8,15H. The number of halogens is 5. The molecule has 0 amide bonds. The average Bonchev–Trinajstić information content (AvgIpc) is 3.11. The van der Waals surface area contributed by atoms with Gasteiger partial charge in [-0.3, -0.25) is 10.1 Å². The fourth-order valence-electron chi connectivity index (χ4n) is 2.38. The Hall–Kier alpha value is -3.37. The lowest BCUT2D eigenvalue weighted by atomic mass is 10.0. The van der Waals surface area contributed by atoms with Crippen LogP contribution in [0.1, 0.15) is 12.1 Å². The molecule has 0 N–H and O–H groups in total. The van der Waals surface area contributed by atoms with E-state index < -0.39 is 28.9 Å². The lowest BCUT2D eigenvalue weighted by Gasteiger charge is -2.08. The Balaban J connectivity index is 2.07. The van der Waals surface area contributed by atoms with Crippen molar-refractivity contribution in [3.05, 3.63) is 64.5 Å². The second-order valence-electron chi connectivity index (χ2n) is 5.38. The largest absolute Gasteiger partial charge is 0.416 e. The summed E-state index contributed by atoms with van der Waals surface area (Å²) in [5.41, 5.74) is -1.08. The molecular formula is C16H9F5N4O2. The van der Waals surface area contributed by atoms with Gasteiger partial charge in [0, 0.05) is 11.8 Å². The van der Waals surface area contributed by atoms with E-state index in [1.54, 1.807) is 0 Å². The molecule has 11 heteroatoms. The van der Waals surface area contributed by atoms with Gasteiger partial charge in [0.05, 0.1) is 27.4 Å². The smallest absolute Gasteiger partial charge is 0.258 e. The predicted octanol–water partition coefficient (Wildman–Crippen LogP) is 4.93. The third-order valence-electron chi connectivity index (χ3n) is 3.67. The highest BCUT2D eigenvalue weighted by molar-refractivity contribution is 5.75. The number of aromatic nitrogens is 3. The summed E-state index contributed by atoms with van der Waals surface area (Å²) in [6, 6.07) is 6.42. The van der Waals surface area contributed by atoms with E-state index in [0.29, 0.717) is 4.68 Å². The summed E-state index contributed by atoms with van der Waals surface area (Å²) < 4.78 is 63.7. The Morgan fingerprint density at radius 3 is 2.26 bits per heavy atom. The van der Waals surface area contributed by atoms with Gasteiger partial charge in [0.25, 0.3) is 5.69 Å². The number of nitro groups is 1. The number of rotatable bonds is 4. The maximum absolute atomic E-state index is 12.7. The molecule has 1 aromatic carbocycles. The molecular weight excluding hydrogens is 375 g/mol. The predicted molar refractivity (Wildman–Crippen MR) is 83.8 cm³/mol. The molecule has 0 bridgehead atoms. The summed E-state index contributed by atoms with van der Waals surface area (Å²) in [4.78, 5) is 14.3. The summed E-state index contributed by atoms with van der Waals surface area (Å²) in [7, 11) is 0. The minimum absolute atomic E-state index is 0.0794. The summed E-state index contributed by atoms with van der Waals surface area (Å²) in [6.45, 7) is -2.92. The Labute approximate surface area is 148 Å². The Bertz CT molecular complexity index is 983. The van der Waals surface area contributed by atoms with Crippen LogP contribution in [0.15, 0.2) is 48.8 Å². The van der Waals surface area contributed by atoms with Crippen molar-refractivity contribution in [1.29, 1.82) is 0 Å². The number of nitrogens with zero attached hydrogens (tertiary/aromatic N) is 4. The fraction of sp³-hybridized carbons (Fsp3) is 0.125. The van der Waals surface area contributed by atoms with Gasteiger partial charge in [0.2, 0.25) is 0 Å². The molecule has 6 nitrogen and oxygen atoms in total. The van der Waals surface area contributed by atoms with Crippen molar-refractivity contribution < 1.29 is 26.9 Å². The zero-order chi connectivity index (χ0) is 19.8. The maximum atomic E-state index is 12.7. The second-order valence-corrected chi connectivity index (χ2v) is 5.38. The van der Waals surface area contributed by atoms with Crippen LogP contribution < -0.4 is 0 Å². The highest BCUT2D eigenvalue weighted by Gasteiger charge is 2.30. The molecule has 0 saturated heterocycles. The molecule has 0 atom stereocenters. The van der Waals surface area contributed by atoms with E-state index in [-0.39, 0.29) is 22.5 Å². The van der Waals surface area contributed by atoms with Crippen LogP contribution in [0.25, 0.3) is 22.5 Å². The third kappa shape index (κ3) is 3.76. The topological polar surface area (TPSA) is 73.8 Å². The van der Waals surface area contributed by atoms with E-state index in [9.17, 15) is 32.1 Å². The van der Waals surface area contributed by atoms with Crippen molar-refractivity contribution in [2.45, 2.75) is 12.7 Å². The van der Waals surface area contributed by atoms with Crippen LogP contribution in [0.4, 0.5) is 27.6 Å². The molecule has 0 fully saturated rings. The van der Waals surface area contributed by atoms with Crippen LogP contribution in [0.5, 0.6) is 0 Å². The van der Waals surface area contributed by atoms with Crippen molar-refractivity contribution in [1.82, 2.24) is 14.8 Å². The van der Waals surface area contributed by atoms with Crippen LogP contribution >= 0.6 is 0 Å². The summed E-state index contributed by atoms with van der Waals surface area (Å²) >= 11 is 0. The number of benzene rings is 1. The fourth-order valence-corrected chi connectivity index (χ4v) is 2.38. The highest BCUT2D eigenvalue weighted by Crippen LogP contribution is 2.34. The molecule has 0 spiro atoms. The van der Waals surface area contributed by atoms with E-state index in [0.717, 1.165) is 24.5 Å². The van der Waals surface area contributed by atoms with Crippen molar-refractivity contribution in [2.24, 2.45) is 0 Å². The number of alkyl halides is 5. The molecule has 0 saturated carbocycles. The Morgan fingerprint density at radius 1 is 1.07 bits per heavy atom. The highest BCUT2D eigenvalue weighted by atomic mass is 19.4. The molecule has 2 heterocycles. The Morgan fingerprint density at radius 2 is 1.74 bits per heavy atom. The van der Waals surface area contributed by atoms with Gasteiger partial charge in [-0.05, 0) is 24.3 Å². The minimum atomic E-state index is -4.51. The molecule has 3 rings (SSSR count). The third-order valence-corrected chi connectivity index (χ3v) is 3.67. The van der Waals surface area contributed by atoms with E-state index in [1.165, 1.54) is 24.3 Å². The Kier molecular flexibility index (Phi) is 4.60. The molecule has 0 aliphatic carbocycles. The van der Waals surface area contributed by atoms with Crippen LogP contribution in [0.2, 0.25) is 0 Å². The van der Waals surface area contributed by atoms with Gasteiger partial charge in [-0.15, -0.1) is 0 Å². The van der Waals surface area contributed by atoms with Gasteiger partial charge in [0.15, 0.2) is 0 Å².